The maximum atomic E-state index is 13.2. The molecule has 0 aliphatic carbocycles. The first-order valence-corrected chi connectivity index (χ1v) is 8.17. The highest BCUT2D eigenvalue weighted by molar-refractivity contribution is 5.95. The van der Waals surface area contributed by atoms with Crippen molar-refractivity contribution >= 4 is 17.3 Å². The quantitative estimate of drug-likeness (QED) is 0.620. The van der Waals surface area contributed by atoms with Gasteiger partial charge in [0.15, 0.2) is 0 Å². The zero-order valence-electron chi connectivity index (χ0n) is 14.1. The summed E-state index contributed by atoms with van der Waals surface area (Å²) in [7, 11) is 0. The van der Waals surface area contributed by atoms with Gasteiger partial charge in [0.1, 0.15) is 0 Å². The number of nitrogens with zero attached hydrogens (tertiary/aromatic N) is 1. The number of anilines is 2. The molecule has 27 heavy (non-hydrogen) atoms. The first-order chi connectivity index (χ1) is 12.9. The van der Waals surface area contributed by atoms with Crippen molar-refractivity contribution < 1.29 is 23.1 Å². The Kier molecular flexibility index (Phi) is 5.16. The minimum absolute atomic E-state index is 0.0193. The van der Waals surface area contributed by atoms with Crippen molar-refractivity contribution in [3.63, 3.8) is 0 Å². The predicted octanol–water partition coefficient (Wildman–Crippen LogP) is 5.74. The van der Waals surface area contributed by atoms with Crippen LogP contribution in [0.2, 0.25) is 0 Å². The fourth-order valence-corrected chi connectivity index (χ4v) is 2.82. The largest absolute Gasteiger partial charge is 0.478 e. The molecule has 0 atom stereocenters. The molecule has 3 rings (SSSR count). The maximum Gasteiger partial charge on any atom is 0.416 e. The highest BCUT2D eigenvalue weighted by atomic mass is 19.4. The molecule has 3 nitrogen and oxygen atoms in total. The molecule has 0 saturated heterocycles. The molecule has 3 aromatic rings. The van der Waals surface area contributed by atoms with E-state index in [1.54, 1.807) is 23.1 Å². The Labute approximate surface area is 154 Å². The van der Waals surface area contributed by atoms with Crippen LogP contribution in [0.3, 0.4) is 0 Å². The maximum absolute atomic E-state index is 13.2. The molecule has 1 N–H and O–H groups in total. The molecular formula is C21H16F3NO2. The van der Waals surface area contributed by atoms with Gasteiger partial charge in [-0.05, 0) is 35.9 Å². The van der Waals surface area contributed by atoms with Gasteiger partial charge in [0.25, 0.3) is 0 Å². The van der Waals surface area contributed by atoms with E-state index in [4.69, 9.17) is 0 Å². The summed E-state index contributed by atoms with van der Waals surface area (Å²) in [5, 5.41) is 9.50. The first-order valence-electron chi connectivity index (χ1n) is 8.17. The zero-order chi connectivity index (χ0) is 19.4. The Morgan fingerprint density at radius 2 is 1.56 bits per heavy atom. The van der Waals surface area contributed by atoms with E-state index in [0.717, 1.165) is 17.7 Å². The van der Waals surface area contributed by atoms with E-state index in [1.165, 1.54) is 18.2 Å². The molecule has 3 aromatic carbocycles. The van der Waals surface area contributed by atoms with Crippen LogP contribution in [-0.4, -0.2) is 11.1 Å². The van der Waals surface area contributed by atoms with Crippen LogP contribution in [0.4, 0.5) is 24.5 Å². The van der Waals surface area contributed by atoms with Gasteiger partial charge in [-0.25, -0.2) is 4.79 Å². The summed E-state index contributed by atoms with van der Waals surface area (Å²) in [6.07, 6.45) is -4.49. The van der Waals surface area contributed by atoms with Crippen LogP contribution in [0, 0.1) is 0 Å². The summed E-state index contributed by atoms with van der Waals surface area (Å²) in [5.41, 5.74) is 0.669. The van der Waals surface area contributed by atoms with Gasteiger partial charge in [-0.2, -0.15) is 13.2 Å². The zero-order valence-corrected chi connectivity index (χ0v) is 14.1. The van der Waals surface area contributed by atoms with Crippen molar-refractivity contribution in [1.29, 1.82) is 0 Å². The van der Waals surface area contributed by atoms with Crippen molar-refractivity contribution in [2.24, 2.45) is 0 Å². The van der Waals surface area contributed by atoms with E-state index in [9.17, 15) is 23.1 Å². The number of carbonyl (C=O) groups is 1. The van der Waals surface area contributed by atoms with Gasteiger partial charge in [-0.1, -0.05) is 48.5 Å². The highest BCUT2D eigenvalue weighted by Gasteiger charge is 2.31. The molecule has 138 valence electrons. The number of hydrogen-bond donors (Lipinski definition) is 1. The number of alkyl halides is 3. The molecule has 0 aliphatic heterocycles. The number of carboxylic acid groups (broad SMARTS) is 1. The Balaban J connectivity index is 2.13. The Hall–Kier alpha value is -3.28. The minimum Gasteiger partial charge on any atom is -0.478 e. The van der Waals surface area contributed by atoms with Gasteiger partial charge in [-0.15, -0.1) is 0 Å². The Bertz CT molecular complexity index is 939. The Morgan fingerprint density at radius 3 is 2.22 bits per heavy atom. The fourth-order valence-electron chi connectivity index (χ4n) is 2.82. The molecule has 0 unspecified atom stereocenters. The smallest absolute Gasteiger partial charge is 0.416 e. The van der Waals surface area contributed by atoms with Crippen molar-refractivity contribution in [2.75, 3.05) is 4.90 Å². The normalized spacial score (nSPS) is 11.2. The summed E-state index contributed by atoms with van der Waals surface area (Å²) in [5.74, 6) is -1.14. The van der Waals surface area contributed by atoms with Crippen LogP contribution in [0.25, 0.3) is 0 Å². The number of benzene rings is 3. The second-order valence-electron chi connectivity index (χ2n) is 5.94. The lowest BCUT2D eigenvalue weighted by atomic mass is 10.1. The number of aromatic carboxylic acids is 1. The average Bonchev–Trinajstić information content (AvgIpc) is 2.66. The van der Waals surface area contributed by atoms with Gasteiger partial charge < -0.3 is 10.0 Å². The fraction of sp³-hybridized carbons (Fsp3) is 0.0952. The van der Waals surface area contributed by atoms with Crippen LogP contribution in [0.5, 0.6) is 0 Å². The van der Waals surface area contributed by atoms with Crippen LogP contribution in [-0.2, 0) is 12.7 Å². The summed E-state index contributed by atoms with van der Waals surface area (Å²) in [4.78, 5) is 13.2. The Morgan fingerprint density at radius 1 is 0.889 bits per heavy atom. The lowest BCUT2D eigenvalue weighted by Gasteiger charge is -2.27. The molecular weight excluding hydrogens is 357 g/mol. The monoisotopic (exact) mass is 373 g/mol. The van der Waals surface area contributed by atoms with Crippen molar-refractivity contribution in [2.45, 2.75) is 12.7 Å². The van der Waals surface area contributed by atoms with Crippen molar-refractivity contribution in [1.82, 2.24) is 0 Å². The van der Waals surface area contributed by atoms with E-state index in [2.05, 4.69) is 0 Å². The third-order valence-electron chi connectivity index (χ3n) is 4.09. The van der Waals surface area contributed by atoms with Crippen molar-refractivity contribution in [3.8, 4) is 0 Å². The van der Waals surface area contributed by atoms with E-state index in [0.29, 0.717) is 5.69 Å². The second kappa shape index (κ2) is 7.53. The van der Waals surface area contributed by atoms with Gasteiger partial charge in [-0.3, -0.25) is 0 Å². The first kappa shape index (κ1) is 18.5. The van der Waals surface area contributed by atoms with E-state index in [1.807, 2.05) is 30.3 Å². The predicted molar refractivity (Wildman–Crippen MR) is 97.1 cm³/mol. The topological polar surface area (TPSA) is 40.5 Å². The summed E-state index contributed by atoms with van der Waals surface area (Å²) < 4.78 is 39.5. The van der Waals surface area contributed by atoms with Gasteiger partial charge in [0, 0.05) is 12.2 Å². The number of para-hydroxylation sites is 1. The lowest BCUT2D eigenvalue weighted by Crippen LogP contribution is -2.20. The molecule has 0 aliphatic rings. The molecule has 6 heteroatoms. The van der Waals surface area contributed by atoms with Crippen LogP contribution in [0.15, 0.2) is 78.9 Å². The van der Waals surface area contributed by atoms with E-state index >= 15 is 0 Å². The molecule has 0 aromatic heterocycles. The van der Waals surface area contributed by atoms with Crippen LogP contribution in [0.1, 0.15) is 21.5 Å². The van der Waals surface area contributed by atoms with Gasteiger partial charge in [0.2, 0.25) is 0 Å². The van der Waals surface area contributed by atoms with E-state index < -0.39 is 17.7 Å². The molecule has 0 fully saturated rings. The number of halogens is 3. The molecule has 0 radical (unpaired) electrons. The van der Waals surface area contributed by atoms with Crippen LogP contribution < -0.4 is 4.90 Å². The summed E-state index contributed by atoms with van der Waals surface area (Å²) in [6.45, 7) is 0.229. The molecule has 0 bridgehead atoms. The minimum atomic E-state index is -4.49. The number of rotatable bonds is 5. The van der Waals surface area contributed by atoms with Crippen molar-refractivity contribution in [3.05, 3.63) is 95.6 Å². The summed E-state index contributed by atoms with van der Waals surface area (Å²) in [6, 6.07) is 20.3. The molecule has 0 spiro atoms. The lowest BCUT2D eigenvalue weighted by molar-refractivity contribution is -0.137. The molecule has 0 heterocycles. The number of hydrogen-bond acceptors (Lipinski definition) is 2. The summed E-state index contributed by atoms with van der Waals surface area (Å²) >= 11 is 0. The number of carboxylic acids is 1. The third-order valence-corrected chi connectivity index (χ3v) is 4.09. The van der Waals surface area contributed by atoms with E-state index in [-0.39, 0.29) is 17.8 Å². The molecule has 0 amide bonds. The standard InChI is InChI=1S/C21H16F3NO2/c22-21(23,24)16-9-6-10-17(13-16)25(14-15-7-2-1-3-8-15)19-12-5-4-11-18(19)20(26)27/h1-13H,14H2,(H,26,27)/i20+2. The van der Waals surface area contributed by atoms with Crippen LogP contribution >= 0.6 is 0 Å². The SMILES string of the molecule is O=[14C](O)c1ccccc1N(Cc1ccccc1)c1cccc(C(F)(F)F)c1. The molecule has 0 saturated carbocycles. The van der Waals surface area contributed by atoms with Gasteiger partial charge >= 0.3 is 12.1 Å². The van der Waals surface area contributed by atoms with Gasteiger partial charge in [0.05, 0.1) is 16.8 Å². The third kappa shape index (κ3) is 4.28. The average molecular weight is 373 g/mol. The second-order valence-corrected chi connectivity index (χ2v) is 5.94. The highest BCUT2D eigenvalue weighted by Crippen LogP contribution is 2.35.